The smallest absolute Gasteiger partial charge is 0.136 e. The number of fused-ring (bicyclic) bond motifs is 8. The minimum absolute atomic E-state index is 0.852. The average Bonchev–Trinajstić information content (AvgIpc) is 1.39. The largest absolute Gasteiger partial charge is 0.456 e. The van der Waals surface area contributed by atoms with Crippen molar-refractivity contribution in [1.29, 1.82) is 0 Å². The normalized spacial score (nSPS) is 11.5. The monoisotopic (exact) mass is 1450 g/mol. The summed E-state index contributed by atoms with van der Waals surface area (Å²) in [4.78, 5) is 4.71. The van der Waals surface area contributed by atoms with Crippen LogP contribution in [0.25, 0.3) is 177 Å². The predicted molar refractivity (Wildman–Crippen MR) is 480 cm³/mol. The van der Waals surface area contributed by atoms with Gasteiger partial charge in [0.2, 0.25) is 0 Å². The van der Waals surface area contributed by atoms with Crippen LogP contribution in [0.4, 0.5) is 34.1 Å². The molecule has 21 aromatic rings. The summed E-state index contributed by atoms with van der Waals surface area (Å²) in [6, 6.07) is 158. The van der Waals surface area contributed by atoms with Crippen LogP contribution in [0.5, 0.6) is 0 Å². The predicted octanol–water partition coefficient (Wildman–Crippen LogP) is 31.4. The number of nitrogens with zero attached hydrogens (tertiary/aromatic N) is 2. The van der Waals surface area contributed by atoms with Gasteiger partial charge in [0.1, 0.15) is 22.3 Å². The molecule has 0 unspecified atom stereocenters. The molecule has 0 saturated carbocycles. The third-order valence-electron chi connectivity index (χ3n) is 22.7. The van der Waals surface area contributed by atoms with Gasteiger partial charge < -0.3 is 18.6 Å². The van der Waals surface area contributed by atoms with Crippen molar-refractivity contribution in [3.8, 4) is 111 Å². The molecule has 19 aromatic carbocycles. The van der Waals surface area contributed by atoms with E-state index >= 15 is 0 Å². The van der Waals surface area contributed by atoms with Crippen LogP contribution in [-0.2, 0) is 0 Å². The molecule has 0 saturated heterocycles. The van der Waals surface area contributed by atoms with Crippen molar-refractivity contribution in [1.82, 2.24) is 0 Å². The van der Waals surface area contributed by atoms with E-state index in [-0.39, 0.29) is 0 Å². The Hall–Kier alpha value is -15.1. The quantitative estimate of drug-likeness (QED) is 0.0965. The molecule has 2 aromatic heterocycles. The molecule has 0 fully saturated rings. The molecular formula is C110H72N2O2. The van der Waals surface area contributed by atoms with Crippen LogP contribution in [0, 0.1) is 0 Å². The first-order valence-corrected chi connectivity index (χ1v) is 39.0. The molecule has 534 valence electrons. The summed E-state index contributed by atoms with van der Waals surface area (Å²) < 4.78 is 13.2. The van der Waals surface area contributed by atoms with Gasteiger partial charge in [-0.2, -0.15) is 0 Å². The summed E-state index contributed by atoms with van der Waals surface area (Å²) in [5, 5.41) is 9.27. The highest BCUT2D eigenvalue weighted by Gasteiger charge is 2.20. The van der Waals surface area contributed by atoms with E-state index in [2.05, 4.69) is 434 Å². The summed E-state index contributed by atoms with van der Waals surface area (Å²) in [5.74, 6) is 0. The Morgan fingerprint density at radius 2 is 0.412 bits per heavy atom. The minimum Gasteiger partial charge on any atom is -0.456 e. The van der Waals surface area contributed by atoms with E-state index in [1.165, 1.54) is 60.5 Å². The van der Waals surface area contributed by atoms with Crippen LogP contribution in [0.3, 0.4) is 0 Å². The first kappa shape index (κ1) is 67.0. The molecule has 21 rings (SSSR count). The van der Waals surface area contributed by atoms with Crippen molar-refractivity contribution in [2.75, 3.05) is 9.80 Å². The van der Waals surface area contributed by atoms with Gasteiger partial charge in [0.25, 0.3) is 0 Å². The zero-order chi connectivity index (χ0) is 75.4. The van der Waals surface area contributed by atoms with E-state index in [0.717, 1.165) is 150 Å². The maximum Gasteiger partial charge on any atom is 0.136 e. The Labute approximate surface area is 661 Å². The highest BCUT2D eigenvalue weighted by molar-refractivity contribution is 6.09. The molecule has 0 radical (unpaired) electrons. The lowest BCUT2D eigenvalue weighted by molar-refractivity contribution is 0.669. The first-order chi connectivity index (χ1) is 56.4. The Bertz CT molecular complexity index is 7180. The van der Waals surface area contributed by atoms with Crippen molar-refractivity contribution >= 4 is 99.5 Å². The van der Waals surface area contributed by atoms with E-state index in [0.29, 0.717) is 0 Å². The van der Waals surface area contributed by atoms with Crippen LogP contribution in [-0.4, -0.2) is 0 Å². The Morgan fingerprint density at radius 3 is 0.904 bits per heavy atom. The van der Waals surface area contributed by atoms with Gasteiger partial charge in [0.05, 0.1) is 0 Å². The SMILES string of the molecule is c1ccc(-c2ccc(N(c3ccc(-c4cccc(-c5ccc6c(-c7ccc8c(c7)oc7cc(-c9ccc(N(c%10ccc(-c%11cccc(-c%12ccc%13ccccc%13c%12)c%11)cc%10)c%10cccc(-c%11cccc(-c%12ccccc%12)c%11)c%10)cc9)ccc78)cccc6c5)c4)cc3)c3ccc(-c4ccc5c(c4)oc4ccccc45)cc3)cc2)cc1. The first-order valence-electron chi connectivity index (χ1n) is 39.0. The summed E-state index contributed by atoms with van der Waals surface area (Å²) in [6.45, 7) is 0. The third kappa shape index (κ3) is 12.8. The van der Waals surface area contributed by atoms with Gasteiger partial charge in [-0.15, -0.1) is 0 Å². The number of anilines is 6. The lowest BCUT2D eigenvalue weighted by atomic mass is 9.93. The fourth-order valence-corrected chi connectivity index (χ4v) is 16.7. The number of rotatable bonds is 16. The van der Waals surface area contributed by atoms with Crippen molar-refractivity contribution < 1.29 is 8.83 Å². The molecule has 4 nitrogen and oxygen atoms in total. The molecule has 0 atom stereocenters. The Kier molecular flexibility index (Phi) is 16.9. The molecule has 0 aliphatic heterocycles. The average molecular weight is 1450 g/mol. The van der Waals surface area contributed by atoms with Gasteiger partial charge in [0, 0.05) is 55.7 Å². The highest BCUT2D eigenvalue weighted by Crippen LogP contribution is 2.45. The lowest BCUT2D eigenvalue weighted by Gasteiger charge is -2.26. The molecule has 0 bridgehead atoms. The Balaban J connectivity index is 0.545. The highest BCUT2D eigenvalue weighted by atomic mass is 16.3. The molecule has 0 N–H and O–H groups in total. The van der Waals surface area contributed by atoms with Gasteiger partial charge >= 0.3 is 0 Å². The number of furan rings is 2. The van der Waals surface area contributed by atoms with Crippen LogP contribution in [0.15, 0.2) is 446 Å². The van der Waals surface area contributed by atoms with Gasteiger partial charge in [-0.3, -0.25) is 0 Å². The fourth-order valence-electron chi connectivity index (χ4n) is 16.7. The fraction of sp³-hybridized carbons (Fsp3) is 0. The number of hydrogen-bond donors (Lipinski definition) is 0. The molecule has 114 heavy (non-hydrogen) atoms. The second kappa shape index (κ2) is 28.7. The summed E-state index contributed by atoms with van der Waals surface area (Å²) in [7, 11) is 0. The molecule has 0 amide bonds. The maximum atomic E-state index is 6.86. The summed E-state index contributed by atoms with van der Waals surface area (Å²) in [5.41, 5.74) is 32.9. The summed E-state index contributed by atoms with van der Waals surface area (Å²) >= 11 is 0. The second-order valence-electron chi connectivity index (χ2n) is 29.6. The lowest BCUT2D eigenvalue weighted by Crippen LogP contribution is -2.10. The van der Waals surface area contributed by atoms with Gasteiger partial charge in [-0.1, -0.05) is 291 Å². The zero-order valence-electron chi connectivity index (χ0n) is 62.3. The van der Waals surface area contributed by atoms with E-state index < -0.39 is 0 Å². The van der Waals surface area contributed by atoms with Crippen molar-refractivity contribution in [2.24, 2.45) is 0 Å². The van der Waals surface area contributed by atoms with E-state index in [9.17, 15) is 0 Å². The van der Waals surface area contributed by atoms with Crippen molar-refractivity contribution in [3.63, 3.8) is 0 Å². The van der Waals surface area contributed by atoms with Crippen molar-refractivity contribution in [3.05, 3.63) is 437 Å². The molecule has 0 aliphatic carbocycles. The van der Waals surface area contributed by atoms with E-state index in [1.807, 2.05) is 12.1 Å². The van der Waals surface area contributed by atoms with Crippen LogP contribution >= 0.6 is 0 Å². The third-order valence-corrected chi connectivity index (χ3v) is 22.7. The molecule has 0 aliphatic rings. The van der Waals surface area contributed by atoms with Crippen LogP contribution < -0.4 is 9.80 Å². The van der Waals surface area contributed by atoms with Crippen molar-refractivity contribution in [2.45, 2.75) is 0 Å². The van der Waals surface area contributed by atoms with E-state index in [1.54, 1.807) is 0 Å². The number of para-hydroxylation sites is 1. The van der Waals surface area contributed by atoms with E-state index in [4.69, 9.17) is 8.83 Å². The second-order valence-corrected chi connectivity index (χ2v) is 29.6. The molecule has 0 spiro atoms. The summed E-state index contributed by atoms with van der Waals surface area (Å²) in [6.07, 6.45) is 0. The van der Waals surface area contributed by atoms with Crippen LogP contribution in [0.2, 0.25) is 0 Å². The minimum atomic E-state index is 0.852. The van der Waals surface area contributed by atoms with Crippen LogP contribution in [0.1, 0.15) is 0 Å². The molecule has 4 heteroatoms. The maximum absolute atomic E-state index is 6.86. The number of hydrogen-bond acceptors (Lipinski definition) is 4. The Morgan fingerprint density at radius 1 is 0.132 bits per heavy atom. The standard InChI is InChI=1S/C110H72N2O2/c1-3-16-73(17-4-1)76-36-50-95(51-37-76)111(97-54-42-79(43-55-97)91-47-61-104-103-31-9-10-33-107(103)113-108(104)70-91)96-52-38-77(39-53-96)84-24-13-27-87(66-84)90-46-60-102-93(68-90)29-15-32-101(102)94-49-63-106-105-62-48-92(71-109(105)114-110(106)72-94)80-44-58-99(59-45-80)112(100-30-14-28-88(69-100)85-25-11-22-82(64-85)74-18-5-2-6-19-74)98-56-40-78(41-57-98)83-23-12-26-86(65-83)89-35-34-75-20-7-8-21-81(75)67-89/h1-72H. The van der Waals surface area contributed by atoms with Gasteiger partial charge in [-0.05, 0) is 278 Å². The molecular weight excluding hydrogens is 1380 g/mol. The topological polar surface area (TPSA) is 32.8 Å². The zero-order valence-corrected chi connectivity index (χ0v) is 62.3. The molecule has 2 heterocycles. The number of benzene rings is 19. The van der Waals surface area contributed by atoms with Gasteiger partial charge in [0.15, 0.2) is 0 Å². The van der Waals surface area contributed by atoms with Gasteiger partial charge in [-0.25, -0.2) is 0 Å².